The second-order valence-corrected chi connectivity index (χ2v) is 8.98. The quantitative estimate of drug-likeness (QED) is 0.478. The van der Waals surface area contributed by atoms with Gasteiger partial charge in [0.05, 0.1) is 5.69 Å². The Hall–Kier alpha value is -3.36. The first-order valence-electron chi connectivity index (χ1n) is 10.7. The fourth-order valence-corrected chi connectivity index (χ4v) is 5.46. The maximum Gasteiger partial charge on any atom is 0.266 e. The van der Waals surface area contributed by atoms with Crippen LogP contribution in [0.1, 0.15) is 15.2 Å². The summed E-state index contributed by atoms with van der Waals surface area (Å²) in [5.41, 5.74) is 2.12. The van der Waals surface area contributed by atoms with Gasteiger partial charge in [-0.25, -0.2) is 4.98 Å². The summed E-state index contributed by atoms with van der Waals surface area (Å²) in [5.74, 6) is 1.70. The summed E-state index contributed by atoms with van der Waals surface area (Å²) in [7, 11) is 0. The largest absolute Gasteiger partial charge is 0.454 e. The van der Waals surface area contributed by atoms with Crippen molar-refractivity contribution in [3.05, 3.63) is 71.5 Å². The molecule has 5 heterocycles. The highest BCUT2D eigenvalue weighted by Gasteiger charge is 2.27. The van der Waals surface area contributed by atoms with Crippen LogP contribution in [0.5, 0.6) is 11.5 Å². The molecule has 2 aliphatic heterocycles. The van der Waals surface area contributed by atoms with Crippen molar-refractivity contribution in [1.29, 1.82) is 0 Å². The van der Waals surface area contributed by atoms with Gasteiger partial charge in [0, 0.05) is 56.7 Å². The monoisotopic (exact) mass is 446 g/mol. The van der Waals surface area contributed by atoms with Gasteiger partial charge in [-0.2, -0.15) is 0 Å². The number of fused-ring (bicyclic) bond motifs is 2. The molecule has 1 saturated heterocycles. The molecule has 8 heteroatoms. The zero-order chi connectivity index (χ0) is 21.5. The number of hydrogen-bond acceptors (Lipinski definition) is 6. The standard InChI is InChI=1S/C24H22N4O3S/c29-24(22-21(27-8-1-2-9-27)18-4-3-7-25-23(18)32-22)28-12-10-26(11-13-28)15-17-5-6-19-20(14-17)31-16-30-19/h1-9,14H,10-13,15-16H2. The van der Waals surface area contributed by atoms with Gasteiger partial charge in [0.15, 0.2) is 11.5 Å². The number of nitrogens with zero attached hydrogens (tertiary/aromatic N) is 4. The number of pyridine rings is 1. The highest BCUT2D eigenvalue weighted by atomic mass is 32.1. The van der Waals surface area contributed by atoms with Crippen LogP contribution >= 0.6 is 11.3 Å². The summed E-state index contributed by atoms with van der Waals surface area (Å²) in [6, 6.07) is 14.0. The summed E-state index contributed by atoms with van der Waals surface area (Å²) in [4.78, 5) is 24.0. The predicted molar refractivity (Wildman–Crippen MR) is 123 cm³/mol. The Morgan fingerprint density at radius 3 is 2.66 bits per heavy atom. The van der Waals surface area contributed by atoms with Gasteiger partial charge in [-0.3, -0.25) is 9.69 Å². The van der Waals surface area contributed by atoms with Gasteiger partial charge >= 0.3 is 0 Å². The van der Waals surface area contributed by atoms with E-state index in [0.717, 1.165) is 51.9 Å². The SMILES string of the molecule is O=C(c1sc2ncccc2c1-n1cccc1)N1CCN(Cc2ccc3c(c2)OCO3)CC1. The van der Waals surface area contributed by atoms with Crippen LogP contribution in [-0.4, -0.2) is 58.2 Å². The number of carbonyl (C=O) groups excluding carboxylic acids is 1. The van der Waals surface area contributed by atoms with Crippen LogP contribution in [0.4, 0.5) is 0 Å². The third kappa shape index (κ3) is 3.41. The lowest BCUT2D eigenvalue weighted by Gasteiger charge is -2.34. The van der Waals surface area contributed by atoms with Gasteiger partial charge in [0.25, 0.3) is 5.91 Å². The van der Waals surface area contributed by atoms with Crippen molar-refractivity contribution in [3.8, 4) is 17.2 Å². The van der Waals surface area contributed by atoms with Crippen LogP contribution in [0, 0.1) is 0 Å². The van der Waals surface area contributed by atoms with Crippen molar-refractivity contribution in [2.24, 2.45) is 0 Å². The normalized spacial score (nSPS) is 16.1. The molecule has 0 unspecified atom stereocenters. The van der Waals surface area contributed by atoms with E-state index in [0.29, 0.717) is 13.1 Å². The zero-order valence-electron chi connectivity index (χ0n) is 17.4. The molecule has 2 aliphatic rings. The fourth-order valence-electron chi connectivity index (χ4n) is 4.35. The van der Waals surface area contributed by atoms with Crippen LogP contribution in [-0.2, 0) is 6.54 Å². The molecule has 7 nitrogen and oxygen atoms in total. The number of piperazine rings is 1. The average Bonchev–Trinajstić information content (AvgIpc) is 3.57. The number of aromatic nitrogens is 2. The summed E-state index contributed by atoms with van der Waals surface area (Å²) in [5, 5.41) is 1.01. The van der Waals surface area contributed by atoms with Gasteiger partial charge in [-0.05, 0) is 42.0 Å². The predicted octanol–water partition coefficient (Wildman–Crippen LogP) is 3.77. The third-order valence-electron chi connectivity index (χ3n) is 6.00. The van der Waals surface area contributed by atoms with Crippen molar-refractivity contribution in [3.63, 3.8) is 0 Å². The van der Waals surface area contributed by atoms with E-state index >= 15 is 0 Å². The molecule has 0 atom stereocenters. The van der Waals surface area contributed by atoms with Crippen LogP contribution in [0.25, 0.3) is 15.9 Å². The number of rotatable bonds is 4. The van der Waals surface area contributed by atoms with E-state index in [9.17, 15) is 4.79 Å². The van der Waals surface area contributed by atoms with Crippen molar-refractivity contribution in [1.82, 2.24) is 19.4 Å². The number of thiophene rings is 1. The van der Waals surface area contributed by atoms with E-state index in [1.165, 1.54) is 16.9 Å². The maximum absolute atomic E-state index is 13.5. The van der Waals surface area contributed by atoms with E-state index in [2.05, 4.69) is 16.0 Å². The lowest BCUT2D eigenvalue weighted by molar-refractivity contribution is 0.0633. The summed E-state index contributed by atoms with van der Waals surface area (Å²) in [6.07, 6.45) is 5.74. The van der Waals surface area contributed by atoms with Crippen molar-refractivity contribution < 1.29 is 14.3 Å². The summed E-state index contributed by atoms with van der Waals surface area (Å²) >= 11 is 1.48. The maximum atomic E-state index is 13.5. The molecular weight excluding hydrogens is 424 g/mol. The lowest BCUT2D eigenvalue weighted by Crippen LogP contribution is -2.48. The van der Waals surface area contributed by atoms with Gasteiger partial charge < -0.3 is 18.9 Å². The Balaban J connectivity index is 1.19. The van der Waals surface area contributed by atoms with Crippen molar-refractivity contribution in [2.75, 3.05) is 33.0 Å². The van der Waals surface area contributed by atoms with Crippen LogP contribution in [0.15, 0.2) is 61.1 Å². The van der Waals surface area contributed by atoms with E-state index in [1.807, 2.05) is 58.3 Å². The van der Waals surface area contributed by atoms with E-state index in [-0.39, 0.29) is 12.7 Å². The number of carbonyl (C=O) groups is 1. The molecule has 1 amide bonds. The molecule has 0 saturated carbocycles. The highest BCUT2D eigenvalue weighted by molar-refractivity contribution is 7.21. The van der Waals surface area contributed by atoms with Crippen molar-refractivity contribution >= 4 is 27.5 Å². The second kappa shape index (κ2) is 7.96. The fraction of sp³-hybridized carbons (Fsp3) is 0.250. The Labute approximate surface area is 189 Å². The second-order valence-electron chi connectivity index (χ2n) is 7.98. The van der Waals surface area contributed by atoms with Gasteiger partial charge in [-0.15, -0.1) is 11.3 Å². The smallest absolute Gasteiger partial charge is 0.266 e. The Kier molecular flexibility index (Phi) is 4.81. The minimum atomic E-state index is 0.0828. The molecule has 32 heavy (non-hydrogen) atoms. The first-order chi connectivity index (χ1) is 15.8. The topological polar surface area (TPSA) is 59.8 Å². The highest BCUT2D eigenvalue weighted by Crippen LogP contribution is 2.35. The number of hydrogen-bond donors (Lipinski definition) is 0. The average molecular weight is 447 g/mol. The molecule has 0 aliphatic carbocycles. The first-order valence-corrected chi connectivity index (χ1v) is 11.5. The molecule has 0 N–H and O–H groups in total. The Morgan fingerprint density at radius 1 is 1.00 bits per heavy atom. The lowest BCUT2D eigenvalue weighted by atomic mass is 10.1. The Morgan fingerprint density at radius 2 is 1.81 bits per heavy atom. The zero-order valence-corrected chi connectivity index (χ0v) is 18.3. The molecule has 162 valence electrons. The van der Waals surface area contributed by atoms with Crippen molar-refractivity contribution in [2.45, 2.75) is 6.54 Å². The van der Waals surface area contributed by atoms with Crippen LogP contribution in [0.3, 0.4) is 0 Å². The number of benzene rings is 1. The van der Waals surface area contributed by atoms with E-state index < -0.39 is 0 Å². The van der Waals surface area contributed by atoms with Gasteiger partial charge in [0.1, 0.15) is 9.71 Å². The molecule has 1 fully saturated rings. The molecule has 3 aromatic heterocycles. The number of amides is 1. The van der Waals surface area contributed by atoms with E-state index in [4.69, 9.17) is 9.47 Å². The molecule has 0 spiro atoms. The summed E-state index contributed by atoms with van der Waals surface area (Å²) < 4.78 is 12.9. The minimum absolute atomic E-state index is 0.0828. The minimum Gasteiger partial charge on any atom is -0.454 e. The van der Waals surface area contributed by atoms with Gasteiger partial charge in [0.2, 0.25) is 6.79 Å². The van der Waals surface area contributed by atoms with E-state index in [1.54, 1.807) is 6.20 Å². The third-order valence-corrected chi connectivity index (χ3v) is 7.09. The van der Waals surface area contributed by atoms with Gasteiger partial charge in [-0.1, -0.05) is 6.07 Å². The molecular formula is C24H22N4O3S. The molecule has 6 rings (SSSR count). The molecule has 0 radical (unpaired) electrons. The first kappa shape index (κ1) is 19.3. The number of ether oxygens (including phenoxy) is 2. The molecule has 4 aromatic rings. The molecule has 0 bridgehead atoms. The summed E-state index contributed by atoms with van der Waals surface area (Å²) in [6.45, 7) is 4.20. The molecule has 1 aromatic carbocycles. The Bertz CT molecular complexity index is 1280. The van der Waals surface area contributed by atoms with Crippen LogP contribution < -0.4 is 9.47 Å². The van der Waals surface area contributed by atoms with Crippen LogP contribution in [0.2, 0.25) is 0 Å².